The van der Waals surface area contributed by atoms with Gasteiger partial charge in [-0.1, -0.05) is 84.9 Å². The Bertz CT molecular complexity index is 2240. The van der Waals surface area contributed by atoms with Gasteiger partial charge in [-0.2, -0.15) is 5.26 Å². The summed E-state index contributed by atoms with van der Waals surface area (Å²) in [7, 11) is 0. The molecular formula is C40H22N2O2. The first kappa shape index (κ1) is 24.5. The highest BCUT2D eigenvalue weighted by atomic mass is 16.1. The van der Waals surface area contributed by atoms with E-state index < -0.39 is 5.41 Å². The summed E-state index contributed by atoms with van der Waals surface area (Å²) in [6, 6.07) is 46.2. The van der Waals surface area contributed by atoms with Gasteiger partial charge in [0.2, 0.25) is 0 Å². The lowest BCUT2D eigenvalue weighted by Gasteiger charge is -2.45. The molecule has 0 bridgehead atoms. The molecule has 4 heteroatoms. The van der Waals surface area contributed by atoms with Gasteiger partial charge in [0.15, 0.2) is 11.6 Å². The SMILES string of the molecule is N#Cc1ccc(N2c3ccccc3C3(c4ccccc4-c4cc5c(cc43)C(=O)c3ccccc3C5=O)c3ccccc32)cc1. The van der Waals surface area contributed by atoms with E-state index in [1.807, 2.05) is 66.7 Å². The minimum atomic E-state index is -0.725. The van der Waals surface area contributed by atoms with Gasteiger partial charge in [-0.25, -0.2) is 0 Å². The molecule has 0 atom stereocenters. The van der Waals surface area contributed by atoms with Gasteiger partial charge in [0.1, 0.15) is 0 Å². The molecule has 0 aromatic heterocycles. The molecule has 2 aliphatic carbocycles. The third kappa shape index (κ3) is 2.95. The van der Waals surface area contributed by atoms with Crippen LogP contribution in [0.4, 0.5) is 17.1 Å². The van der Waals surface area contributed by atoms with Gasteiger partial charge >= 0.3 is 0 Å². The van der Waals surface area contributed by atoms with E-state index in [0.717, 1.165) is 50.4 Å². The highest BCUT2D eigenvalue weighted by molar-refractivity contribution is 6.29. The van der Waals surface area contributed by atoms with E-state index >= 15 is 0 Å². The molecule has 0 saturated carbocycles. The average molecular weight is 563 g/mol. The summed E-state index contributed by atoms with van der Waals surface area (Å²) >= 11 is 0. The van der Waals surface area contributed by atoms with Crippen LogP contribution < -0.4 is 4.90 Å². The molecule has 3 aliphatic rings. The largest absolute Gasteiger partial charge is 0.310 e. The number of hydrogen-bond acceptors (Lipinski definition) is 4. The molecule has 0 saturated heterocycles. The van der Waals surface area contributed by atoms with Crippen molar-refractivity contribution in [1.29, 1.82) is 5.26 Å². The lowest BCUT2D eigenvalue weighted by molar-refractivity contribution is 0.0979. The van der Waals surface area contributed by atoms with Gasteiger partial charge in [-0.05, 0) is 81.9 Å². The first-order valence-electron chi connectivity index (χ1n) is 14.6. The Balaban J connectivity index is 1.39. The quantitative estimate of drug-likeness (QED) is 0.201. The van der Waals surface area contributed by atoms with Crippen molar-refractivity contribution in [1.82, 2.24) is 0 Å². The summed E-state index contributed by atoms with van der Waals surface area (Å²) in [5.74, 6) is -0.242. The molecule has 0 radical (unpaired) electrons. The van der Waals surface area contributed by atoms with Crippen LogP contribution >= 0.6 is 0 Å². The molecule has 6 aromatic carbocycles. The van der Waals surface area contributed by atoms with Crippen LogP contribution in [0.1, 0.15) is 59.7 Å². The van der Waals surface area contributed by atoms with Crippen molar-refractivity contribution in [3.63, 3.8) is 0 Å². The number of nitrogens with zero attached hydrogens (tertiary/aromatic N) is 2. The molecule has 6 aromatic rings. The third-order valence-electron chi connectivity index (χ3n) is 9.44. The van der Waals surface area contributed by atoms with Crippen LogP contribution in [0, 0.1) is 11.3 Å². The summed E-state index contributed by atoms with van der Waals surface area (Å²) in [4.78, 5) is 30.0. The molecule has 1 heterocycles. The van der Waals surface area contributed by atoms with E-state index in [1.54, 1.807) is 12.1 Å². The number of carbonyl (C=O) groups is 2. The number of fused-ring (bicyclic) bond motifs is 11. The van der Waals surface area contributed by atoms with Crippen molar-refractivity contribution in [2.24, 2.45) is 0 Å². The molecule has 0 unspecified atom stereocenters. The molecule has 0 amide bonds. The molecule has 4 nitrogen and oxygen atoms in total. The fourth-order valence-corrected chi connectivity index (χ4v) is 7.66. The van der Waals surface area contributed by atoms with Crippen LogP contribution in [-0.2, 0) is 5.41 Å². The fraction of sp³-hybridized carbons (Fsp3) is 0.0250. The minimum absolute atomic E-state index is 0.118. The summed E-state index contributed by atoms with van der Waals surface area (Å²) in [5, 5.41) is 9.44. The maximum atomic E-state index is 14.0. The van der Waals surface area contributed by atoms with E-state index in [0.29, 0.717) is 27.8 Å². The zero-order valence-electron chi connectivity index (χ0n) is 23.4. The standard InChI is InChI=1S/C40H22N2O2/c41-23-24-17-19-25(20-18-24)42-36-15-7-5-13-33(36)40(34-14-6-8-16-37(34)42)32-12-4-3-9-26(32)29-21-30-31(22-35(29)40)39(44)28-11-2-1-10-27(28)38(30)43/h1-22H. The predicted molar refractivity (Wildman–Crippen MR) is 170 cm³/mol. The van der Waals surface area contributed by atoms with E-state index in [-0.39, 0.29) is 11.6 Å². The van der Waals surface area contributed by atoms with Crippen molar-refractivity contribution in [2.45, 2.75) is 5.41 Å². The van der Waals surface area contributed by atoms with Crippen LogP contribution in [0.3, 0.4) is 0 Å². The van der Waals surface area contributed by atoms with Gasteiger partial charge < -0.3 is 4.90 Å². The van der Waals surface area contributed by atoms with Crippen LogP contribution in [0.15, 0.2) is 133 Å². The molecule has 9 rings (SSSR count). The Labute approximate surface area is 254 Å². The highest BCUT2D eigenvalue weighted by Crippen LogP contribution is 2.63. The van der Waals surface area contributed by atoms with E-state index in [2.05, 4.69) is 65.6 Å². The maximum Gasteiger partial charge on any atom is 0.194 e. The second-order valence-corrected chi connectivity index (χ2v) is 11.5. The zero-order chi connectivity index (χ0) is 29.6. The number of benzene rings is 6. The molecule has 1 aliphatic heterocycles. The second kappa shape index (κ2) is 8.73. The predicted octanol–water partition coefficient (Wildman–Crippen LogP) is 8.48. The fourth-order valence-electron chi connectivity index (χ4n) is 7.66. The van der Waals surface area contributed by atoms with Crippen molar-refractivity contribution in [2.75, 3.05) is 4.90 Å². The molecular weight excluding hydrogens is 540 g/mol. The van der Waals surface area contributed by atoms with E-state index in [9.17, 15) is 14.9 Å². The number of anilines is 3. The number of ketones is 2. The smallest absolute Gasteiger partial charge is 0.194 e. The Kier molecular flexibility index (Phi) is 4.87. The zero-order valence-corrected chi connectivity index (χ0v) is 23.4. The normalized spacial score (nSPS) is 14.6. The Hall–Kier alpha value is -6.05. The second-order valence-electron chi connectivity index (χ2n) is 11.5. The molecule has 0 N–H and O–H groups in total. The van der Waals surface area contributed by atoms with E-state index in [4.69, 9.17) is 0 Å². The van der Waals surface area contributed by atoms with Crippen molar-refractivity contribution in [3.8, 4) is 17.2 Å². The van der Waals surface area contributed by atoms with Crippen LogP contribution in [0.5, 0.6) is 0 Å². The number of rotatable bonds is 1. The topological polar surface area (TPSA) is 61.2 Å². The monoisotopic (exact) mass is 562 g/mol. The number of para-hydroxylation sites is 2. The minimum Gasteiger partial charge on any atom is -0.310 e. The van der Waals surface area contributed by atoms with Gasteiger partial charge in [-0.15, -0.1) is 0 Å². The van der Waals surface area contributed by atoms with Crippen molar-refractivity contribution < 1.29 is 9.59 Å². The summed E-state index contributed by atoms with van der Waals surface area (Å²) < 4.78 is 0. The molecule has 44 heavy (non-hydrogen) atoms. The van der Waals surface area contributed by atoms with Crippen LogP contribution in [0.25, 0.3) is 11.1 Å². The van der Waals surface area contributed by atoms with Crippen LogP contribution in [-0.4, -0.2) is 11.6 Å². The molecule has 204 valence electrons. The van der Waals surface area contributed by atoms with Crippen molar-refractivity contribution >= 4 is 28.6 Å². The number of carbonyl (C=O) groups excluding carboxylic acids is 2. The van der Waals surface area contributed by atoms with Gasteiger partial charge in [0.25, 0.3) is 0 Å². The number of nitriles is 1. The molecule has 1 spiro atoms. The van der Waals surface area contributed by atoms with Gasteiger partial charge in [0, 0.05) is 27.9 Å². The Morgan fingerprint density at radius 1 is 0.477 bits per heavy atom. The lowest BCUT2D eigenvalue weighted by Crippen LogP contribution is -2.36. The average Bonchev–Trinajstić information content (AvgIpc) is 3.37. The van der Waals surface area contributed by atoms with E-state index in [1.165, 1.54) is 0 Å². The summed E-state index contributed by atoms with van der Waals surface area (Å²) in [6.07, 6.45) is 0. The third-order valence-corrected chi connectivity index (χ3v) is 9.44. The summed E-state index contributed by atoms with van der Waals surface area (Å²) in [5.41, 5.74) is 11.0. The Morgan fingerprint density at radius 2 is 0.977 bits per heavy atom. The van der Waals surface area contributed by atoms with Crippen molar-refractivity contribution in [3.05, 3.63) is 184 Å². The first-order valence-corrected chi connectivity index (χ1v) is 14.6. The lowest BCUT2D eigenvalue weighted by atomic mass is 9.64. The maximum absolute atomic E-state index is 14.0. The Morgan fingerprint density at radius 3 is 1.57 bits per heavy atom. The summed E-state index contributed by atoms with van der Waals surface area (Å²) in [6.45, 7) is 0. The van der Waals surface area contributed by atoms with Gasteiger partial charge in [0.05, 0.1) is 28.4 Å². The molecule has 0 fully saturated rings. The van der Waals surface area contributed by atoms with Gasteiger partial charge in [-0.3, -0.25) is 9.59 Å². The van der Waals surface area contributed by atoms with Crippen LogP contribution in [0.2, 0.25) is 0 Å². The number of hydrogen-bond donors (Lipinski definition) is 0. The first-order chi connectivity index (χ1) is 21.6. The highest BCUT2D eigenvalue weighted by Gasteiger charge is 2.52.